The van der Waals surface area contributed by atoms with Crippen molar-refractivity contribution in [3.8, 4) is 0 Å². The molecular formula is C28H27Cl3Ti. The van der Waals surface area contributed by atoms with E-state index in [0.29, 0.717) is 0 Å². The van der Waals surface area contributed by atoms with Crippen LogP contribution in [0.5, 0.6) is 0 Å². The van der Waals surface area contributed by atoms with E-state index in [2.05, 4.69) is 150 Å². The van der Waals surface area contributed by atoms with Crippen LogP contribution in [0.15, 0.2) is 115 Å². The zero-order chi connectivity index (χ0) is 20.5. The number of hydrogen-bond donors (Lipinski definition) is 0. The van der Waals surface area contributed by atoms with Gasteiger partial charge in [-0.1, -0.05) is 0 Å². The van der Waals surface area contributed by atoms with E-state index in [9.17, 15) is 0 Å². The minimum atomic E-state index is -0.319. The van der Waals surface area contributed by atoms with Gasteiger partial charge in [-0.15, -0.1) is 0 Å². The molecular weight excluding hydrogens is 491 g/mol. The SMILES string of the molecule is CC(C)(C)C1=C[C]([Ti+3])(C(c2ccccc2)(c2ccccc2)c2ccccc2)C=C1.[Cl-].[Cl-].[Cl-]. The molecule has 32 heavy (non-hydrogen) atoms. The van der Waals surface area contributed by atoms with Crippen LogP contribution in [0.2, 0.25) is 3.72 Å². The molecule has 3 aromatic carbocycles. The predicted molar refractivity (Wildman–Crippen MR) is 119 cm³/mol. The Labute approximate surface area is 223 Å². The van der Waals surface area contributed by atoms with Crippen molar-refractivity contribution < 1.29 is 57.7 Å². The molecule has 0 aromatic heterocycles. The Bertz CT molecular complexity index is 942. The van der Waals surface area contributed by atoms with Crippen molar-refractivity contribution >= 4 is 0 Å². The molecule has 3 aromatic rings. The predicted octanol–water partition coefficient (Wildman–Crippen LogP) is -1.72. The van der Waals surface area contributed by atoms with Crippen LogP contribution in [-0.2, 0) is 25.9 Å². The molecule has 0 amide bonds. The second kappa shape index (κ2) is 11.2. The van der Waals surface area contributed by atoms with Crippen LogP contribution in [0.25, 0.3) is 0 Å². The Morgan fingerprint density at radius 1 is 0.594 bits per heavy atom. The van der Waals surface area contributed by atoms with Gasteiger partial charge in [-0.3, -0.25) is 0 Å². The van der Waals surface area contributed by atoms with Crippen LogP contribution in [0, 0.1) is 5.41 Å². The molecule has 1 atom stereocenters. The van der Waals surface area contributed by atoms with Gasteiger partial charge in [0.1, 0.15) is 0 Å². The van der Waals surface area contributed by atoms with E-state index in [1.165, 1.54) is 22.3 Å². The van der Waals surface area contributed by atoms with E-state index in [1.807, 2.05) is 0 Å². The standard InChI is InChI=1S/C28H27.3ClH.Ti/c1-27(2,3)25-19-20-26(21-25)28(22-13-7-4-8-14-22,23-15-9-5-10-16-23)24-17-11-6-12-18-24;;;;/h4-21H,1-3H3;3*1H;/q;;;;+3/p-3. The van der Waals surface area contributed by atoms with Crippen LogP contribution in [0.1, 0.15) is 37.5 Å². The first-order chi connectivity index (χ1) is 13.9. The number of benzene rings is 3. The first-order valence-electron chi connectivity index (χ1n) is 10.2. The largest absolute Gasteiger partial charge is 1.00 e. The molecule has 4 heteroatoms. The summed E-state index contributed by atoms with van der Waals surface area (Å²) in [4.78, 5) is 0. The molecule has 0 radical (unpaired) electrons. The average molecular weight is 518 g/mol. The summed E-state index contributed by atoms with van der Waals surface area (Å²) in [5.74, 6) is 0. The number of allylic oxidation sites excluding steroid dienone is 4. The molecule has 1 aliphatic carbocycles. The van der Waals surface area contributed by atoms with Crippen molar-refractivity contribution in [3.63, 3.8) is 0 Å². The second-order valence-corrected chi connectivity index (χ2v) is 10.2. The minimum Gasteiger partial charge on any atom is -1.00 e. The van der Waals surface area contributed by atoms with Gasteiger partial charge in [0.05, 0.1) is 0 Å². The van der Waals surface area contributed by atoms with Crippen molar-refractivity contribution in [1.29, 1.82) is 0 Å². The topological polar surface area (TPSA) is 0 Å². The number of halogens is 3. The molecule has 0 saturated heterocycles. The van der Waals surface area contributed by atoms with Gasteiger partial charge in [-0.05, 0) is 0 Å². The second-order valence-electron chi connectivity index (χ2n) is 8.90. The Kier molecular flexibility index (Phi) is 10.1. The fourth-order valence-electron chi connectivity index (χ4n) is 4.54. The maximum atomic E-state index is 2.50. The summed E-state index contributed by atoms with van der Waals surface area (Å²) in [6.45, 7) is 6.89. The number of hydrogen-bond acceptors (Lipinski definition) is 0. The third kappa shape index (κ3) is 4.96. The third-order valence-corrected chi connectivity index (χ3v) is 7.09. The van der Waals surface area contributed by atoms with Crippen molar-refractivity contribution in [3.05, 3.63) is 131 Å². The van der Waals surface area contributed by atoms with Crippen LogP contribution >= 0.6 is 0 Å². The normalized spacial score (nSPS) is 17.5. The molecule has 0 heterocycles. The maximum Gasteiger partial charge on any atom is -1.00 e. The first-order valence-corrected chi connectivity index (χ1v) is 11.0. The van der Waals surface area contributed by atoms with Crippen molar-refractivity contribution in [2.24, 2.45) is 5.41 Å². The van der Waals surface area contributed by atoms with Gasteiger partial charge in [0, 0.05) is 0 Å². The molecule has 0 nitrogen and oxygen atoms in total. The third-order valence-electron chi connectivity index (χ3n) is 6.02. The molecule has 4 rings (SSSR count). The average Bonchev–Trinajstić information content (AvgIpc) is 3.15. The summed E-state index contributed by atoms with van der Waals surface area (Å²) >= 11 is 2.38. The summed E-state index contributed by atoms with van der Waals surface area (Å²) in [7, 11) is 0. The monoisotopic (exact) mass is 516 g/mol. The van der Waals surface area contributed by atoms with Crippen LogP contribution < -0.4 is 37.2 Å². The molecule has 0 saturated carbocycles. The summed E-state index contributed by atoms with van der Waals surface area (Å²) in [6.07, 6.45) is 7.25. The van der Waals surface area contributed by atoms with Gasteiger partial charge < -0.3 is 37.2 Å². The van der Waals surface area contributed by atoms with Crippen molar-refractivity contribution in [2.75, 3.05) is 0 Å². The maximum absolute atomic E-state index is 2.50. The quantitative estimate of drug-likeness (QED) is 0.286. The molecule has 0 spiro atoms. The van der Waals surface area contributed by atoms with Gasteiger partial charge in [-0.2, -0.15) is 0 Å². The first kappa shape index (κ1) is 28.8. The molecule has 1 unspecified atom stereocenters. The summed E-state index contributed by atoms with van der Waals surface area (Å²) < 4.78 is -0.195. The van der Waals surface area contributed by atoms with E-state index in [-0.39, 0.29) is 51.8 Å². The van der Waals surface area contributed by atoms with Gasteiger partial charge in [0.15, 0.2) is 0 Å². The summed E-state index contributed by atoms with van der Waals surface area (Å²) in [6, 6.07) is 32.9. The Balaban J connectivity index is 0.00000171. The van der Waals surface area contributed by atoms with E-state index in [1.54, 1.807) is 0 Å². The van der Waals surface area contributed by atoms with Gasteiger partial charge in [0.2, 0.25) is 0 Å². The Morgan fingerprint density at radius 3 is 1.22 bits per heavy atom. The zero-order valence-corrected chi connectivity index (χ0v) is 22.4. The van der Waals surface area contributed by atoms with Gasteiger partial charge in [-0.25, -0.2) is 0 Å². The minimum absolute atomic E-state index is 0. The smallest absolute Gasteiger partial charge is 1.00 e. The molecule has 0 N–H and O–H groups in total. The Hall–Kier alpha value is -1.28. The number of rotatable bonds is 4. The van der Waals surface area contributed by atoms with Crippen molar-refractivity contribution in [2.45, 2.75) is 29.9 Å². The van der Waals surface area contributed by atoms with Gasteiger partial charge >= 0.3 is 187 Å². The van der Waals surface area contributed by atoms with Crippen LogP contribution in [-0.4, -0.2) is 0 Å². The van der Waals surface area contributed by atoms with Crippen LogP contribution in [0.4, 0.5) is 0 Å². The summed E-state index contributed by atoms with van der Waals surface area (Å²) in [5, 5.41) is 0. The molecule has 0 bridgehead atoms. The fraction of sp³-hybridized carbons (Fsp3) is 0.214. The van der Waals surface area contributed by atoms with E-state index < -0.39 is 0 Å². The molecule has 164 valence electrons. The molecule has 0 fully saturated rings. The van der Waals surface area contributed by atoms with Gasteiger partial charge in [0.25, 0.3) is 0 Å². The summed E-state index contributed by atoms with van der Waals surface area (Å²) in [5.41, 5.74) is 5.14. The van der Waals surface area contributed by atoms with E-state index >= 15 is 0 Å². The van der Waals surface area contributed by atoms with Crippen molar-refractivity contribution in [1.82, 2.24) is 0 Å². The zero-order valence-electron chi connectivity index (χ0n) is 18.5. The fourth-order valence-corrected chi connectivity index (χ4v) is 5.59. The van der Waals surface area contributed by atoms with E-state index in [4.69, 9.17) is 0 Å². The molecule has 0 aliphatic heterocycles. The van der Waals surface area contributed by atoms with Crippen LogP contribution in [0.3, 0.4) is 0 Å². The van der Waals surface area contributed by atoms with E-state index in [0.717, 1.165) is 0 Å². The molecule has 1 aliphatic rings. The Morgan fingerprint density at radius 2 is 0.938 bits per heavy atom.